The highest BCUT2D eigenvalue weighted by molar-refractivity contribution is 5.76. The largest absolute Gasteiger partial charge is 0.379 e. The number of nitrogens with zero attached hydrogens (tertiary/aromatic N) is 1. The molecule has 0 radical (unpaired) electrons. The second-order valence-corrected chi connectivity index (χ2v) is 6.04. The lowest BCUT2D eigenvalue weighted by atomic mass is 10.0. The van der Waals surface area contributed by atoms with Gasteiger partial charge in [0.05, 0.1) is 13.2 Å². The zero-order chi connectivity index (χ0) is 15.8. The maximum absolute atomic E-state index is 12.0. The fourth-order valence-electron chi connectivity index (χ4n) is 2.67. The van der Waals surface area contributed by atoms with E-state index in [1.165, 1.54) is 0 Å². The van der Waals surface area contributed by atoms with Crippen molar-refractivity contribution in [3.63, 3.8) is 0 Å². The van der Waals surface area contributed by atoms with Gasteiger partial charge in [-0.2, -0.15) is 0 Å². The summed E-state index contributed by atoms with van der Waals surface area (Å²) >= 11 is 0. The molecule has 22 heavy (non-hydrogen) atoms. The molecule has 2 atom stereocenters. The number of rotatable bonds is 7. The van der Waals surface area contributed by atoms with Gasteiger partial charge in [0.2, 0.25) is 5.91 Å². The molecular formula is C17H27N3O2. The van der Waals surface area contributed by atoms with Gasteiger partial charge >= 0.3 is 0 Å². The SMILES string of the molecule is CC(CNC(=O)CC(N)c1ccccc1)CN1CCOCC1. The van der Waals surface area contributed by atoms with Gasteiger partial charge in [0, 0.05) is 38.6 Å². The maximum atomic E-state index is 12.0. The van der Waals surface area contributed by atoms with Crippen LogP contribution in [0.1, 0.15) is 24.9 Å². The molecule has 2 unspecified atom stereocenters. The van der Waals surface area contributed by atoms with E-state index in [9.17, 15) is 4.79 Å². The van der Waals surface area contributed by atoms with E-state index in [1.807, 2.05) is 30.3 Å². The van der Waals surface area contributed by atoms with Crippen molar-refractivity contribution >= 4 is 5.91 Å². The van der Waals surface area contributed by atoms with Gasteiger partial charge in [-0.15, -0.1) is 0 Å². The van der Waals surface area contributed by atoms with Crippen LogP contribution >= 0.6 is 0 Å². The molecule has 1 aromatic carbocycles. The summed E-state index contributed by atoms with van der Waals surface area (Å²) < 4.78 is 5.34. The first kappa shape index (κ1) is 16.9. The van der Waals surface area contributed by atoms with Crippen molar-refractivity contribution in [2.75, 3.05) is 39.4 Å². The number of hydrogen-bond acceptors (Lipinski definition) is 4. The van der Waals surface area contributed by atoms with Crippen molar-refractivity contribution in [1.82, 2.24) is 10.2 Å². The number of ether oxygens (including phenoxy) is 1. The number of benzene rings is 1. The molecule has 1 saturated heterocycles. The predicted molar refractivity (Wildman–Crippen MR) is 87.4 cm³/mol. The van der Waals surface area contributed by atoms with Crippen LogP contribution in [0.5, 0.6) is 0 Å². The fraction of sp³-hybridized carbons (Fsp3) is 0.588. The summed E-state index contributed by atoms with van der Waals surface area (Å²) in [7, 11) is 0. The Morgan fingerprint density at radius 1 is 1.32 bits per heavy atom. The van der Waals surface area contributed by atoms with Crippen LogP contribution in [0.25, 0.3) is 0 Å². The molecule has 0 bridgehead atoms. The first-order chi connectivity index (χ1) is 10.6. The van der Waals surface area contributed by atoms with Gasteiger partial charge < -0.3 is 15.8 Å². The lowest BCUT2D eigenvalue weighted by Gasteiger charge is -2.29. The third-order valence-electron chi connectivity index (χ3n) is 3.95. The van der Waals surface area contributed by atoms with Crippen LogP contribution in [0.4, 0.5) is 0 Å². The topological polar surface area (TPSA) is 67.6 Å². The summed E-state index contributed by atoms with van der Waals surface area (Å²) in [6.07, 6.45) is 0.328. The van der Waals surface area contributed by atoms with Crippen LogP contribution in [0.3, 0.4) is 0 Å². The van der Waals surface area contributed by atoms with E-state index in [4.69, 9.17) is 10.5 Å². The Kier molecular flexibility index (Phi) is 6.83. The molecule has 1 amide bonds. The van der Waals surface area contributed by atoms with E-state index in [0.717, 1.165) is 38.4 Å². The number of hydrogen-bond donors (Lipinski definition) is 2. The lowest BCUT2D eigenvalue weighted by Crippen LogP contribution is -2.41. The first-order valence-corrected chi connectivity index (χ1v) is 8.02. The van der Waals surface area contributed by atoms with Crippen molar-refractivity contribution < 1.29 is 9.53 Å². The summed E-state index contributed by atoms with van der Waals surface area (Å²) in [5, 5.41) is 3.00. The van der Waals surface area contributed by atoms with Gasteiger partial charge in [0.25, 0.3) is 0 Å². The number of nitrogens with two attached hydrogens (primary N) is 1. The van der Waals surface area contributed by atoms with E-state index < -0.39 is 0 Å². The Bertz CT molecular complexity index is 446. The Hall–Kier alpha value is -1.43. The highest BCUT2D eigenvalue weighted by Crippen LogP contribution is 2.13. The highest BCUT2D eigenvalue weighted by Gasteiger charge is 2.15. The Labute approximate surface area is 132 Å². The molecule has 0 spiro atoms. The fourth-order valence-corrected chi connectivity index (χ4v) is 2.67. The van der Waals surface area contributed by atoms with Gasteiger partial charge in [-0.25, -0.2) is 0 Å². The normalized spacial score (nSPS) is 18.6. The summed E-state index contributed by atoms with van der Waals surface area (Å²) in [5.41, 5.74) is 7.07. The van der Waals surface area contributed by atoms with Crippen LogP contribution in [0.2, 0.25) is 0 Å². The quantitative estimate of drug-likeness (QED) is 0.793. The molecule has 122 valence electrons. The van der Waals surface area contributed by atoms with E-state index in [2.05, 4.69) is 17.1 Å². The van der Waals surface area contributed by atoms with E-state index in [-0.39, 0.29) is 11.9 Å². The van der Waals surface area contributed by atoms with Crippen molar-refractivity contribution in [3.8, 4) is 0 Å². The van der Waals surface area contributed by atoms with Gasteiger partial charge in [0.1, 0.15) is 0 Å². The molecule has 5 heteroatoms. The second kappa shape index (κ2) is 8.88. The van der Waals surface area contributed by atoms with Crippen molar-refractivity contribution in [3.05, 3.63) is 35.9 Å². The number of carbonyl (C=O) groups is 1. The Morgan fingerprint density at radius 2 is 2.00 bits per heavy atom. The third kappa shape index (κ3) is 5.75. The third-order valence-corrected chi connectivity index (χ3v) is 3.95. The monoisotopic (exact) mass is 305 g/mol. The average Bonchev–Trinajstić information content (AvgIpc) is 2.55. The van der Waals surface area contributed by atoms with E-state index in [1.54, 1.807) is 0 Å². The van der Waals surface area contributed by atoms with Gasteiger partial charge in [-0.3, -0.25) is 9.69 Å². The molecule has 1 aliphatic rings. The predicted octanol–water partition coefficient (Wildman–Crippen LogP) is 1.16. The van der Waals surface area contributed by atoms with Gasteiger partial charge in [-0.05, 0) is 11.5 Å². The molecule has 0 aromatic heterocycles. The molecule has 2 rings (SSSR count). The zero-order valence-electron chi connectivity index (χ0n) is 13.3. The lowest BCUT2D eigenvalue weighted by molar-refractivity contribution is -0.121. The standard InChI is InChI=1S/C17H27N3O2/c1-14(13-20-7-9-22-10-8-20)12-19-17(21)11-16(18)15-5-3-2-4-6-15/h2-6,14,16H,7-13,18H2,1H3,(H,19,21). The summed E-state index contributed by atoms with van der Waals surface area (Å²) in [4.78, 5) is 14.4. The Balaban J connectivity index is 1.66. The van der Waals surface area contributed by atoms with Crippen molar-refractivity contribution in [2.45, 2.75) is 19.4 Å². The van der Waals surface area contributed by atoms with E-state index >= 15 is 0 Å². The second-order valence-electron chi connectivity index (χ2n) is 6.04. The molecule has 3 N–H and O–H groups in total. The molecule has 1 fully saturated rings. The van der Waals surface area contributed by atoms with Gasteiger partial charge in [0.15, 0.2) is 0 Å². The Morgan fingerprint density at radius 3 is 2.68 bits per heavy atom. The van der Waals surface area contributed by atoms with Crippen LogP contribution in [0.15, 0.2) is 30.3 Å². The van der Waals surface area contributed by atoms with Crippen LogP contribution < -0.4 is 11.1 Å². The average molecular weight is 305 g/mol. The highest BCUT2D eigenvalue weighted by atomic mass is 16.5. The number of nitrogens with one attached hydrogen (secondary N) is 1. The molecule has 0 saturated carbocycles. The van der Waals surface area contributed by atoms with Crippen molar-refractivity contribution in [1.29, 1.82) is 0 Å². The minimum atomic E-state index is -0.240. The minimum Gasteiger partial charge on any atom is -0.379 e. The van der Waals surface area contributed by atoms with Crippen LogP contribution in [-0.2, 0) is 9.53 Å². The van der Waals surface area contributed by atoms with Crippen molar-refractivity contribution in [2.24, 2.45) is 11.7 Å². The molecular weight excluding hydrogens is 278 g/mol. The van der Waals surface area contributed by atoms with Crippen LogP contribution in [-0.4, -0.2) is 50.2 Å². The molecule has 1 heterocycles. The first-order valence-electron chi connectivity index (χ1n) is 8.02. The zero-order valence-corrected chi connectivity index (χ0v) is 13.3. The van der Waals surface area contributed by atoms with Crippen LogP contribution in [0, 0.1) is 5.92 Å². The molecule has 0 aliphatic carbocycles. The smallest absolute Gasteiger partial charge is 0.221 e. The maximum Gasteiger partial charge on any atom is 0.221 e. The van der Waals surface area contributed by atoms with Gasteiger partial charge in [-0.1, -0.05) is 37.3 Å². The number of amides is 1. The summed E-state index contributed by atoms with van der Waals surface area (Å²) in [5.74, 6) is 0.445. The summed E-state index contributed by atoms with van der Waals surface area (Å²) in [6.45, 7) is 7.43. The summed E-state index contributed by atoms with van der Waals surface area (Å²) in [6, 6.07) is 9.51. The molecule has 1 aliphatic heterocycles. The molecule has 1 aromatic rings. The number of carbonyl (C=O) groups excluding carboxylic acids is 1. The number of morpholine rings is 1. The minimum absolute atomic E-state index is 0.0187. The molecule has 5 nitrogen and oxygen atoms in total. The van der Waals surface area contributed by atoms with E-state index in [0.29, 0.717) is 18.9 Å².